The zero-order valence-electron chi connectivity index (χ0n) is 13.9. The van der Waals surface area contributed by atoms with Crippen molar-refractivity contribution in [2.75, 3.05) is 33.9 Å². The number of piperidine rings is 1. The van der Waals surface area contributed by atoms with Gasteiger partial charge in [0.1, 0.15) is 0 Å². The maximum absolute atomic E-state index is 5.98. The first-order valence-electron chi connectivity index (χ1n) is 8.28. The SMILES string of the molecule is COc1ccc(CCN2CC[C@@H]3O[C@@H](C)C[C@H]3C2)cc1OC. The standard InChI is InChI=1S/C18H27NO3/c1-13-10-15-12-19(9-7-16(15)22-13)8-6-14-4-5-17(20-2)18(11-14)21-3/h4-5,11,13,15-16H,6-10,12H2,1-3H3/t13-,15-,16-/m0/s1. The quantitative estimate of drug-likeness (QED) is 0.837. The van der Waals surface area contributed by atoms with E-state index in [9.17, 15) is 0 Å². The lowest BCUT2D eigenvalue weighted by Crippen LogP contribution is -2.42. The summed E-state index contributed by atoms with van der Waals surface area (Å²) in [6, 6.07) is 6.22. The average Bonchev–Trinajstić information content (AvgIpc) is 2.91. The van der Waals surface area contributed by atoms with Gasteiger partial charge in [0.05, 0.1) is 26.4 Å². The van der Waals surface area contributed by atoms with Crippen LogP contribution in [0.5, 0.6) is 11.5 Å². The van der Waals surface area contributed by atoms with Crippen LogP contribution in [0.3, 0.4) is 0 Å². The average molecular weight is 305 g/mol. The monoisotopic (exact) mass is 305 g/mol. The second-order valence-electron chi connectivity index (χ2n) is 6.51. The Morgan fingerprint density at radius 1 is 1.23 bits per heavy atom. The van der Waals surface area contributed by atoms with E-state index in [1.165, 1.54) is 24.9 Å². The van der Waals surface area contributed by atoms with Gasteiger partial charge in [-0.1, -0.05) is 6.07 Å². The summed E-state index contributed by atoms with van der Waals surface area (Å²) in [5, 5.41) is 0. The molecular weight excluding hydrogens is 278 g/mol. The summed E-state index contributed by atoms with van der Waals surface area (Å²) in [6.45, 7) is 5.64. The molecule has 2 aliphatic heterocycles. The number of nitrogens with zero attached hydrogens (tertiary/aromatic N) is 1. The van der Waals surface area contributed by atoms with Gasteiger partial charge in [0.2, 0.25) is 0 Å². The summed E-state index contributed by atoms with van der Waals surface area (Å²) in [5.74, 6) is 2.34. The predicted molar refractivity (Wildman–Crippen MR) is 86.7 cm³/mol. The number of likely N-dealkylation sites (tertiary alicyclic amines) is 1. The topological polar surface area (TPSA) is 30.9 Å². The number of hydrogen-bond donors (Lipinski definition) is 0. The van der Waals surface area contributed by atoms with Gasteiger partial charge in [0.15, 0.2) is 11.5 Å². The minimum Gasteiger partial charge on any atom is -0.493 e. The lowest BCUT2D eigenvalue weighted by atomic mass is 9.93. The molecule has 0 amide bonds. The van der Waals surface area contributed by atoms with E-state index in [1.807, 2.05) is 6.07 Å². The Kier molecular flexibility index (Phi) is 4.89. The minimum absolute atomic E-state index is 0.445. The first-order valence-corrected chi connectivity index (χ1v) is 8.28. The fourth-order valence-corrected chi connectivity index (χ4v) is 3.80. The molecule has 0 N–H and O–H groups in total. The fourth-order valence-electron chi connectivity index (χ4n) is 3.80. The molecule has 0 aliphatic carbocycles. The molecule has 0 radical (unpaired) electrons. The summed E-state index contributed by atoms with van der Waals surface area (Å²) in [6.07, 6.45) is 4.40. The molecule has 0 aromatic heterocycles. The Morgan fingerprint density at radius 3 is 2.82 bits per heavy atom. The molecule has 122 valence electrons. The van der Waals surface area contributed by atoms with Gasteiger partial charge in [-0.3, -0.25) is 0 Å². The Balaban J connectivity index is 1.54. The molecule has 2 fully saturated rings. The van der Waals surface area contributed by atoms with Crippen LogP contribution < -0.4 is 9.47 Å². The Labute approximate surface area is 133 Å². The molecule has 0 saturated carbocycles. The molecule has 3 atom stereocenters. The third-order valence-corrected chi connectivity index (χ3v) is 4.95. The second kappa shape index (κ2) is 6.88. The molecule has 2 saturated heterocycles. The van der Waals surface area contributed by atoms with Crippen LogP contribution in [0.1, 0.15) is 25.3 Å². The molecule has 3 rings (SSSR count). The van der Waals surface area contributed by atoms with Gasteiger partial charge in [0, 0.05) is 25.6 Å². The number of hydrogen-bond acceptors (Lipinski definition) is 4. The molecule has 0 bridgehead atoms. The van der Waals surface area contributed by atoms with Gasteiger partial charge < -0.3 is 19.1 Å². The van der Waals surface area contributed by atoms with Crippen molar-refractivity contribution in [3.63, 3.8) is 0 Å². The number of benzene rings is 1. The van der Waals surface area contributed by atoms with Crippen LogP contribution in [0.25, 0.3) is 0 Å². The second-order valence-corrected chi connectivity index (χ2v) is 6.51. The zero-order chi connectivity index (χ0) is 15.5. The maximum Gasteiger partial charge on any atom is 0.160 e. The number of methoxy groups -OCH3 is 2. The Bertz CT molecular complexity index is 505. The molecule has 2 aliphatic rings. The smallest absolute Gasteiger partial charge is 0.160 e. The molecule has 4 heteroatoms. The minimum atomic E-state index is 0.445. The molecular formula is C18H27NO3. The highest BCUT2D eigenvalue weighted by atomic mass is 16.5. The van der Waals surface area contributed by atoms with Crippen LogP contribution in [0.2, 0.25) is 0 Å². The Hall–Kier alpha value is -1.26. The zero-order valence-corrected chi connectivity index (χ0v) is 13.9. The van der Waals surface area contributed by atoms with Gasteiger partial charge in [0.25, 0.3) is 0 Å². The lowest BCUT2D eigenvalue weighted by molar-refractivity contribution is 0.00774. The van der Waals surface area contributed by atoms with Crippen LogP contribution in [-0.4, -0.2) is 51.0 Å². The molecule has 22 heavy (non-hydrogen) atoms. The van der Waals surface area contributed by atoms with E-state index in [-0.39, 0.29) is 0 Å². The molecule has 4 nitrogen and oxygen atoms in total. The largest absolute Gasteiger partial charge is 0.493 e. The molecule has 2 heterocycles. The normalized spacial score (nSPS) is 28.4. The van der Waals surface area contributed by atoms with E-state index in [4.69, 9.17) is 14.2 Å². The summed E-state index contributed by atoms with van der Waals surface area (Å²) < 4.78 is 16.7. The van der Waals surface area contributed by atoms with E-state index in [0.717, 1.165) is 36.9 Å². The highest BCUT2D eigenvalue weighted by molar-refractivity contribution is 5.42. The van der Waals surface area contributed by atoms with E-state index >= 15 is 0 Å². The number of rotatable bonds is 5. The summed E-state index contributed by atoms with van der Waals surface area (Å²) in [4.78, 5) is 2.58. The third-order valence-electron chi connectivity index (χ3n) is 4.95. The van der Waals surface area contributed by atoms with Crippen molar-refractivity contribution in [2.45, 2.75) is 38.4 Å². The van der Waals surface area contributed by atoms with Crippen molar-refractivity contribution in [3.05, 3.63) is 23.8 Å². The van der Waals surface area contributed by atoms with Crippen molar-refractivity contribution in [3.8, 4) is 11.5 Å². The number of ether oxygens (including phenoxy) is 3. The van der Waals surface area contributed by atoms with E-state index in [0.29, 0.717) is 12.2 Å². The molecule has 0 unspecified atom stereocenters. The van der Waals surface area contributed by atoms with Crippen molar-refractivity contribution >= 4 is 0 Å². The summed E-state index contributed by atoms with van der Waals surface area (Å²) in [5.41, 5.74) is 1.30. The highest BCUT2D eigenvalue weighted by Gasteiger charge is 2.36. The van der Waals surface area contributed by atoms with Gasteiger partial charge in [-0.25, -0.2) is 0 Å². The molecule has 1 aromatic rings. The first-order chi connectivity index (χ1) is 10.7. The predicted octanol–water partition coefficient (Wildman–Crippen LogP) is 2.75. The van der Waals surface area contributed by atoms with E-state index < -0.39 is 0 Å². The molecule has 1 aromatic carbocycles. The van der Waals surface area contributed by atoms with Crippen molar-refractivity contribution in [2.24, 2.45) is 5.92 Å². The van der Waals surface area contributed by atoms with Crippen LogP contribution in [0.15, 0.2) is 18.2 Å². The maximum atomic E-state index is 5.98. The Morgan fingerprint density at radius 2 is 2.05 bits per heavy atom. The van der Waals surface area contributed by atoms with E-state index in [1.54, 1.807) is 14.2 Å². The summed E-state index contributed by atoms with van der Waals surface area (Å²) >= 11 is 0. The van der Waals surface area contributed by atoms with Gasteiger partial charge in [-0.05, 0) is 43.9 Å². The van der Waals surface area contributed by atoms with Crippen molar-refractivity contribution in [1.29, 1.82) is 0 Å². The molecule has 0 spiro atoms. The fraction of sp³-hybridized carbons (Fsp3) is 0.667. The highest BCUT2D eigenvalue weighted by Crippen LogP contribution is 2.33. The van der Waals surface area contributed by atoms with E-state index in [2.05, 4.69) is 24.0 Å². The van der Waals surface area contributed by atoms with Crippen molar-refractivity contribution in [1.82, 2.24) is 4.90 Å². The van der Waals surface area contributed by atoms with Crippen LogP contribution in [0, 0.1) is 5.92 Å². The van der Waals surface area contributed by atoms with Crippen LogP contribution in [-0.2, 0) is 11.2 Å². The van der Waals surface area contributed by atoms with Crippen LogP contribution in [0.4, 0.5) is 0 Å². The van der Waals surface area contributed by atoms with Gasteiger partial charge in [-0.15, -0.1) is 0 Å². The van der Waals surface area contributed by atoms with Gasteiger partial charge >= 0.3 is 0 Å². The summed E-state index contributed by atoms with van der Waals surface area (Å²) in [7, 11) is 3.36. The van der Waals surface area contributed by atoms with Crippen molar-refractivity contribution < 1.29 is 14.2 Å². The lowest BCUT2D eigenvalue weighted by Gasteiger charge is -2.34. The third kappa shape index (κ3) is 3.39. The van der Waals surface area contributed by atoms with Crippen LogP contribution >= 0.6 is 0 Å². The number of fused-ring (bicyclic) bond motifs is 1. The first kappa shape index (κ1) is 15.6. The van der Waals surface area contributed by atoms with Gasteiger partial charge in [-0.2, -0.15) is 0 Å².